The lowest BCUT2D eigenvalue weighted by atomic mass is 9.99. The molecular weight excluding hydrogens is 262 g/mol. The zero-order chi connectivity index (χ0) is 15.4. The van der Waals surface area contributed by atoms with Crippen LogP contribution in [0.5, 0.6) is 0 Å². The van der Waals surface area contributed by atoms with E-state index < -0.39 is 0 Å². The van der Waals surface area contributed by atoms with E-state index in [9.17, 15) is 4.79 Å². The molecule has 0 aliphatic carbocycles. The monoisotopic (exact) mass is 295 g/mol. The summed E-state index contributed by atoms with van der Waals surface area (Å²) < 4.78 is 0. The number of nitrogens with zero attached hydrogens (tertiary/aromatic N) is 2. The lowest BCUT2D eigenvalue weighted by Crippen LogP contribution is -2.42. The second kappa shape index (κ2) is 7.59. The van der Waals surface area contributed by atoms with Crippen LogP contribution in [-0.2, 0) is 4.79 Å². The summed E-state index contributed by atoms with van der Waals surface area (Å²) >= 11 is 0. The zero-order valence-corrected chi connectivity index (χ0v) is 14.3. The maximum absolute atomic E-state index is 12.7. The molecular formula is C17H33N3O. The summed E-state index contributed by atoms with van der Waals surface area (Å²) in [6.45, 7) is 13.3. The van der Waals surface area contributed by atoms with Crippen molar-refractivity contribution in [3.05, 3.63) is 0 Å². The Bertz CT molecular complexity index is 339. The Labute approximate surface area is 130 Å². The normalized spacial score (nSPS) is 28.8. The minimum absolute atomic E-state index is 0.0224. The van der Waals surface area contributed by atoms with Gasteiger partial charge in [-0.15, -0.1) is 0 Å². The predicted molar refractivity (Wildman–Crippen MR) is 87.0 cm³/mol. The van der Waals surface area contributed by atoms with Gasteiger partial charge in [-0.05, 0) is 50.7 Å². The average Bonchev–Trinajstić information content (AvgIpc) is 3.07. The van der Waals surface area contributed by atoms with E-state index in [1.807, 2.05) is 0 Å². The fraction of sp³-hybridized carbons (Fsp3) is 0.941. The molecule has 122 valence electrons. The van der Waals surface area contributed by atoms with Crippen molar-refractivity contribution >= 4 is 5.91 Å². The van der Waals surface area contributed by atoms with Gasteiger partial charge in [0.1, 0.15) is 0 Å². The molecule has 0 bridgehead atoms. The highest BCUT2D eigenvalue weighted by atomic mass is 16.2. The van der Waals surface area contributed by atoms with E-state index in [-0.39, 0.29) is 12.2 Å². The molecule has 2 saturated heterocycles. The summed E-state index contributed by atoms with van der Waals surface area (Å²) in [7, 11) is 0. The van der Waals surface area contributed by atoms with Crippen LogP contribution < -0.4 is 5.32 Å². The minimum atomic E-state index is 0.0224. The quantitative estimate of drug-likeness (QED) is 0.783. The molecule has 4 heteroatoms. The van der Waals surface area contributed by atoms with Crippen molar-refractivity contribution < 1.29 is 4.79 Å². The Morgan fingerprint density at radius 3 is 2.43 bits per heavy atom. The van der Waals surface area contributed by atoms with E-state index in [0.29, 0.717) is 17.7 Å². The minimum Gasteiger partial charge on any atom is -0.325 e. The van der Waals surface area contributed by atoms with Gasteiger partial charge in [-0.3, -0.25) is 10.1 Å². The van der Waals surface area contributed by atoms with Crippen molar-refractivity contribution in [3.63, 3.8) is 0 Å². The molecule has 2 aliphatic heterocycles. The Kier molecular flexibility index (Phi) is 6.06. The first kappa shape index (κ1) is 16.8. The highest BCUT2D eigenvalue weighted by Crippen LogP contribution is 2.23. The van der Waals surface area contributed by atoms with E-state index >= 15 is 0 Å². The maximum Gasteiger partial charge on any atom is 0.241 e. The largest absolute Gasteiger partial charge is 0.325 e. The number of rotatable bonds is 7. The molecule has 0 spiro atoms. The highest BCUT2D eigenvalue weighted by molar-refractivity contribution is 5.84. The summed E-state index contributed by atoms with van der Waals surface area (Å²) in [4.78, 5) is 17.3. The first-order valence-corrected chi connectivity index (χ1v) is 8.83. The van der Waals surface area contributed by atoms with Gasteiger partial charge in [0, 0.05) is 6.54 Å². The van der Waals surface area contributed by atoms with Crippen LogP contribution in [0.4, 0.5) is 0 Å². The first-order valence-electron chi connectivity index (χ1n) is 8.83. The van der Waals surface area contributed by atoms with Gasteiger partial charge in [0.2, 0.25) is 5.91 Å². The number of hydrogen-bond acceptors (Lipinski definition) is 3. The smallest absolute Gasteiger partial charge is 0.241 e. The zero-order valence-electron chi connectivity index (χ0n) is 14.3. The number of likely N-dealkylation sites (tertiary alicyclic amines) is 1. The molecule has 1 N–H and O–H groups in total. The molecule has 0 aromatic rings. The Morgan fingerprint density at radius 1 is 1.19 bits per heavy atom. The first-order chi connectivity index (χ1) is 10.0. The summed E-state index contributed by atoms with van der Waals surface area (Å²) in [5, 5.41) is 3.58. The summed E-state index contributed by atoms with van der Waals surface area (Å²) in [6, 6.07) is 0.0224. The van der Waals surface area contributed by atoms with E-state index in [4.69, 9.17) is 0 Å². The molecule has 2 aliphatic rings. The fourth-order valence-electron chi connectivity index (χ4n) is 3.58. The number of nitrogens with one attached hydrogen (secondary N) is 1. The van der Waals surface area contributed by atoms with Gasteiger partial charge in [-0.25, -0.2) is 0 Å². The molecule has 0 aromatic carbocycles. The molecule has 2 fully saturated rings. The van der Waals surface area contributed by atoms with Crippen LogP contribution >= 0.6 is 0 Å². The lowest BCUT2D eigenvalue weighted by Gasteiger charge is -2.28. The van der Waals surface area contributed by atoms with Crippen LogP contribution in [0.2, 0.25) is 0 Å². The molecule has 4 nitrogen and oxygen atoms in total. The molecule has 3 unspecified atom stereocenters. The molecule has 2 heterocycles. The fourth-order valence-corrected chi connectivity index (χ4v) is 3.58. The van der Waals surface area contributed by atoms with Crippen LogP contribution in [0.3, 0.4) is 0 Å². The van der Waals surface area contributed by atoms with Crippen LogP contribution in [0, 0.1) is 11.8 Å². The van der Waals surface area contributed by atoms with Crippen LogP contribution in [-0.4, -0.2) is 54.1 Å². The van der Waals surface area contributed by atoms with Crippen molar-refractivity contribution in [1.29, 1.82) is 0 Å². The number of carbonyl (C=O) groups is 1. The summed E-state index contributed by atoms with van der Waals surface area (Å²) in [5.74, 6) is 1.21. The van der Waals surface area contributed by atoms with Crippen molar-refractivity contribution in [2.45, 2.75) is 65.6 Å². The third kappa shape index (κ3) is 3.98. The average molecular weight is 295 g/mol. The number of carbonyl (C=O) groups excluding carboxylic acids is 1. The maximum atomic E-state index is 12.7. The van der Waals surface area contributed by atoms with Gasteiger partial charge in [-0.1, -0.05) is 34.1 Å². The van der Waals surface area contributed by atoms with Gasteiger partial charge < -0.3 is 9.80 Å². The molecule has 0 aromatic heterocycles. The van der Waals surface area contributed by atoms with Gasteiger partial charge in [0.15, 0.2) is 0 Å². The molecule has 21 heavy (non-hydrogen) atoms. The van der Waals surface area contributed by atoms with E-state index in [1.54, 1.807) is 0 Å². The third-order valence-corrected chi connectivity index (χ3v) is 5.15. The lowest BCUT2D eigenvalue weighted by molar-refractivity contribution is -0.131. The Balaban J connectivity index is 1.89. The van der Waals surface area contributed by atoms with Gasteiger partial charge in [-0.2, -0.15) is 0 Å². The van der Waals surface area contributed by atoms with Crippen LogP contribution in [0.15, 0.2) is 0 Å². The number of hydrogen-bond donors (Lipinski definition) is 1. The van der Waals surface area contributed by atoms with E-state index in [1.165, 1.54) is 25.9 Å². The molecule has 0 radical (unpaired) electrons. The van der Waals surface area contributed by atoms with Gasteiger partial charge >= 0.3 is 0 Å². The summed E-state index contributed by atoms with van der Waals surface area (Å²) in [5.41, 5.74) is 0. The number of amides is 1. The van der Waals surface area contributed by atoms with Crippen molar-refractivity contribution in [1.82, 2.24) is 15.1 Å². The second-order valence-corrected chi connectivity index (χ2v) is 7.15. The van der Waals surface area contributed by atoms with Crippen LogP contribution in [0.25, 0.3) is 0 Å². The molecule has 3 atom stereocenters. The van der Waals surface area contributed by atoms with Crippen molar-refractivity contribution in [2.75, 3.05) is 26.2 Å². The summed E-state index contributed by atoms with van der Waals surface area (Å²) in [6.07, 6.45) is 5.05. The third-order valence-electron chi connectivity index (χ3n) is 5.15. The predicted octanol–water partition coefficient (Wildman–Crippen LogP) is 2.30. The van der Waals surface area contributed by atoms with Gasteiger partial charge in [0.25, 0.3) is 0 Å². The Hall–Kier alpha value is -0.610. The molecule has 2 rings (SSSR count). The standard InChI is InChI=1S/C17H33N3O/c1-5-14(4)15-17(21)20(16(18-15)13(2)3)12-8-11-19-9-6-7-10-19/h13-16,18H,5-12H2,1-4H3. The van der Waals surface area contributed by atoms with Crippen LogP contribution in [0.1, 0.15) is 53.4 Å². The van der Waals surface area contributed by atoms with Gasteiger partial charge in [0.05, 0.1) is 12.2 Å². The Morgan fingerprint density at radius 2 is 1.86 bits per heavy atom. The van der Waals surface area contributed by atoms with Crippen molar-refractivity contribution in [2.24, 2.45) is 11.8 Å². The SMILES string of the molecule is CCC(C)C1NC(C(C)C)N(CCCN2CCCC2)C1=O. The topological polar surface area (TPSA) is 35.6 Å². The van der Waals surface area contributed by atoms with E-state index in [0.717, 1.165) is 25.9 Å². The molecule has 1 amide bonds. The van der Waals surface area contributed by atoms with Crippen molar-refractivity contribution in [3.8, 4) is 0 Å². The second-order valence-electron chi connectivity index (χ2n) is 7.15. The highest BCUT2D eigenvalue weighted by Gasteiger charge is 2.41. The molecule has 0 saturated carbocycles. The van der Waals surface area contributed by atoms with E-state index in [2.05, 4.69) is 42.8 Å².